The lowest BCUT2D eigenvalue weighted by atomic mass is 10.3. The predicted molar refractivity (Wildman–Crippen MR) is 98.6 cm³/mol. The average Bonchev–Trinajstić information content (AvgIpc) is 3.01. The first-order valence-corrected chi connectivity index (χ1v) is 8.29. The van der Waals surface area contributed by atoms with Crippen molar-refractivity contribution in [1.82, 2.24) is 20.4 Å². The number of thiocarbonyl (C=S) groups is 1. The van der Waals surface area contributed by atoms with E-state index in [2.05, 4.69) is 21.2 Å². The van der Waals surface area contributed by atoms with Gasteiger partial charge < -0.3 is 9.88 Å². The number of fused-ring (bicyclic) bond motifs is 1. The van der Waals surface area contributed by atoms with Crippen molar-refractivity contribution in [2.75, 3.05) is 5.32 Å². The number of imidazole rings is 1. The molecule has 2 aromatic carbocycles. The second-order valence-corrected chi connectivity index (χ2v) is 6.02. The van der Waals surface area contributed by atoms with E-state index in [0.29, 0.717) is 0 Å². The number of rotatable bonds is 3. The van der Waals surface area contributed by atoms with Crippen LogP contribution in [0.1, 0.15) is 5.82 Å². The number of anilines is 1. The maximum absolute atomic E-state index is 13.6. The van der Waals surface area contributed by atoms with Crippen LogP contribution in [-0.2, 0) is 17.5 Å². The highest BCUT2D eigenvalue weighted by Gasteiger charge is 2.38. The van der Waals surface area contributed by atoms with Gasteiger partial charge in [0.25, 0.3) is 5.91 Å². The summed E-state index contributed by atoms with van der Waals surface area (Å²) >= 11 is 4.92. The van der Waals surface area contributed by atoms with E-state index in [1.807, 2.05) is 0 Å². The first-order chi connectivity index (χ1) is 13.3. The third-order valence-electron chi connectivity index (χ3n) is 3.65. The van der Waals surface area contributed by atoms with E-state index in [1.54, 1.807) is 18.2 Å². The zero-order chi connectivity index (χ0) is 20.3. The van der Waals surface area contributed by atoms with E-state index in [9.17, 15) is 22.4 Å². The lowest BCUT2D eigenvalue weighted by molar-refractivity contribution is -0.147. The molecule has 0 radical (unpaired) electrons. The summed E-state index contributed by atoms with van der Waals surface area (Å²) in [6.45, 7) is -0.648. The van der Waals surface area contributed by atoms with Crippen LogP contribution in [0.2, 0.25) is 0 Å². The maximum atomic E-state index is 13.6. The highest BCUT2D eigenvalue weighted by molar-refractivity contribution is 7.80. The summed E-state index contributed by atoms with van der Waals surface area (Å²) in [6, 6.07) is 11.7. The number of halogens is 4. The minimum atomic E-state index is -4.73. The molecule has 0 fully saturated rings. The minimum absolute atomic E-state index is 0.0780. The first kappa shape index (κ1) is 19.5. The third kappa shape index (κ3) is 4.36. The average molecular weight is 411 g/mol. The Hall–Kier alpha value is -3.21. The number of amides is 1. The summed E-state index contributed by atoms with van der Waals surface area (Å²) in [5, 5.41) is 2.39. The summed E-state index contributed by atoms with van der Waals surface area (Å²) in [7, 11) is 0. The van der Waals surface area contributed by atoms with Crippen molar-refractivity contribution in [2.45, 2.75) is 12.7 Å². The van der Waals surface area contributed by atoms with E-state index < -0.39 is 30.3 Å². The molecule has 11 heteroatoms. The number of aromatic nitrogens is 2. The van der Waals surface area contributed by atoms with E-state index in [1.165, 1.54) is 30.3 Å². The Bertz CT molecular complexity index is 1030. The van der Waals surface area contributed by atoms with Crippen molar-refractivity contribution >= 4 is 40.0 Å². The molecule has 1 heterocycles. The Morgan fingerprint density at radius 2 is 1.75 bits per heavy atom. The molecule has 0 atom stereocenters. The van der Waals surface area contributed by atoms with E-state index in [4.69, 9.17) is 12.2 Å². The van der Waals surface area contributed by atoms with Gasteiger partial charge in [-0.05, 0) is 36.5 Å². The standard InChI is InChI=1S/C17H13F4N5OS/c18-10-5-1-2-6-11(10)23-16(28)25-24-14(27)9-26-13-8-4-3-7-12(13)22-15(26)17(19,20)21/h1-8H,9H2,(H,24,27)(H2,23,25,28). The van der Waals surface area contributed by atoms with Crippen LogP contribution in [0.25, 0.3) is 11.0 Å². The van der Waals surface area contributed by atoms with Gasteiger partial charge in [-0.25, -0.2) is 9.37 Å². The number of hydrazine groups is 1. The molecule has 0 aliphatic heterocycles. The van der Waals surface area contributed by atoms with Crippen LogP contribution in [0, 0.1) is 5.82 Å². The number of nitrogens with one attached hydrogen (secondary N) is 3. The van der Waals surface area contributed by atoms with E-state index in [0.717, 1.165) is 4.57 Å². The van der Waals surface area contributed by atoms with E-state index in [-0.39, 0.29) is 21.8 Å². The van der Waals surface area contributed by atoms with Gasteiger partial charge in [0, 0.05) is 0 Å². The topological polar surface area (TPSA) is 71.0 Å². The van der Waals surface area contributed by atoms with Gasteiger partial charge in [-0.1, -0.05) is 24.3 Å². The normalized spacial score (nSPS) is 11.3. The van der Waals surface area contributed by atoms with Crippen LogP contribution < -0.4 is 16.2 Å². The largest absolute Gasteiger partial charge is 0.449 e. The van der Waals surface area contributed by atoms with Gasteiger partial charge >= 0.3 is 6.18 Å². The smallest absolute Gasteiger partial charge is 0.329 e. The van der Waals surface area contributed by atoms with Crippen molar-refractivity contribution in [1.29, 1.82) is 0 Å². The third-order valence-corrected chi connectivity index (χ3v) is 3.85. The number of benzene rings is 2. The first-order valence-electron chi connectivity index (χ1n) is 7.88. The molecule has 6 nitrogen and oxygen atoms in total. The van der Waals surface area contributed by atoms with Crippen LogP contribution in [0.5, 0.6) is 0 Å². The Balaban J connectivity index is 1.68. The van der Waals surface area contributed by atoms with Gasteiger partial charge in [-0.3, -0.25) is 15.6 Å². The molecule has 0 saturated heterocycles. The molecule has 146 valence electrons. The SMILES string of the molecule is O=C(Cn1c(C(F)(F)F)nc2ccccc21)NNC(=S)Nc1ccccc1F. The van der Waals surface area contributed by atoms with Crippen LogP contribution in [0.3, 0.4) is 0 Å². The molecule has 0 aliphatic carbocycles. The van der Waals surface area contributed by atoms with Gasteiger partial charge in [-0.15, -0.1) is 0 Å². The number of carbonyl (C=O) groups is 1. The monoisotopic (exact) mass is 411 g/mol. The Morgan fingerprint density at radius 1 is 1.07 bits per heavy atom. The quantitative estimate of drug-likeness (QED) is 0.351. The molecule has 0 unspecified atom stereocenters. The minimum Gasteiger partial charge on any atom is -0.329 e. The van der Waals surface area contributed by atoms with Crippen LogP contribution in [0.15, 0.2) is 48.5 Å². The second-order valence-electron chi connectivity index (χ2n) is 5.62. The lowest BCUT2D eigenvalue weighted by Gasteiger charge is -2.14. The van der Waals surface area contributed by atoms with Gasteiger partial charge in [0.1, 0.15) is 12.4 Å². The van der Waals surface area contributed by atoms with Gasteiger partial charge in [0.15, 0.2) is 5.11 Å². The molecular weight excluding hydrogens is 398 g/mol. The molecule has 0 saturated carbocycles. The Labute approximate surface area is 161 Å². The number of carbonyl (C=O) groups excluding carboxylic acids is 1. The fraction of sp³-hybridized carbons (Fsp3) is 0.118. The molecule has 3 N–H and O–H groups in total. The molecule has 1 aromatic heterocycles. The Morgan fingerprint density at radius 3 is 2.46 bits per heavy atom. The van der Waals surface area contributed by atoms with Gasteiger partial charge in [0.2, 0.25) is 5.82 Å². The highest BCUT2D eigenvalue weighted by atomic mass is 32.1. The molecule has 3 aromatic rings. The summed E-state index contributed by atoms with van der Waals surface area (Å²) < 4.78 is 54.0. The van der Waals surface area contributed by atoms with Crippen molar-refractivity contribution in [2.24, 2.45) is 0 Å². The number of hydrogen-bond acceptors (Lipinski definition) is 3. The second kappa shape index (κ2) is 7.80. The van der Waals surface area contributed by atoms with Gasteiger partial charge in [0.05, 0.1) is 16.7 Å². The molecule has 0 bridgehead atoms. The maximum Gasteiger partial charge on any atom is 0.449 e. The van der Waals surface area contributed by atoms with Crippen molar-refractivity contribution < 1.29 is 22.4 Å². The highest BCUT2D eigenvalue weighted by Crippen LogP contribution is 2.31. The van der Waals surface area contributed by atoms with E-state index >= 15 is 0 Å². The zero-order valence-corrected chi connectivity index (χ0v) is 14.9. The number of para-hydroxylation sites is 3. The molecule has 1 amide bonds. The summed E-state index contributed by atoms with van der Waals surface area (Å²) in [5.74, 6) is -2.54. The predicted octanol–water partition coefficient (Wildman–Crippen LogP) is 3.21. The molecule has 0 spiro atoms. The van der Waals surface area contributed by atoms with Crippen LogP contribution in [0.4, 0.5) is 23.2 Å². The number of nitrogens with zero attached hydrogens (tertiary/aromatic N) is 2. The summed E-state index contributed by atoms with van der Waals surface area (Å²) in [6.07, 6.45) is -4.73. The van der Waals surface area contributed by atoms with Crippen molar-refractivity contribution in [3.05, 3.63) is 60.2 Å². The van der Waals surface area contributed by atoms with Gasteiger partial charge in [-0.2, -0.15) is 13.2 Å². The summed E-state index contributed by atoms with van der Waals surface area (Å²) in [5.41, 5.74) is 4.85. The molecule has 3 rings (SSSR count). The lowest BCUT2D eigenvalue weighted by Crippen LogP contribution is -2.45. The zero-order valence-electron chi connectivity index (χ0n) is 14.0. The molecule has 28 heavy (non-hydrogen) atoms. The van der Waals surface area contributed by atoms with Crippen LogP contribution in [-0.4, -0.2) is 20.6 Å². The fourth-order valence-electron chi connectivity index (χ4n) is 2.48. The fourth-order valence-corrected chi connectivity index (χ4v) is 2.64. The Kier molecular flexibility index (Phi) is 5.45. The van der Waals surface area contributed by atoms with Crippen molar-refractivity contribution in [3.8, 4) is 0 Å². The number of hydrogen-bond donors (Lipinski definition) is 3. The summed E-state index contributed by atoms with van der Waals surface area (Å²) in [4.78, 5) is 15.7. The molecular formula is C17H13F4N5OS. The van der Waals surface area contributed by atoms with Crippen molar-refractivity contribution in [3.63, 3.8) is 0 Å². The molecule has 0 aliphatic rings. The van der Waals surface area contributed by atoms with Crippen LogP contribution >= 0.6 is 12.2 Å². The number of alkyl halides is 3.